The van der Waals surface area contributed by atoms with Crippen molar-refractivity contribution in [3.8, 4) is 17.2 Å². The third kappa shape index (κ3) is 3.27. The predicted molar refractivity (Wildman–Crippen MR) is 92.4 cm³/mol. The van der Waals surface area contributed by atoms with Gasteiger partial charge < -0.3 is 23.8 Å². The first kappa shape index (κ1) is 18.0. The van der Waals surface area contributed by atoms with E-state index >= 15 is 0 Å². The van der Waals surface area contributed by atoms with Crippen molar-refractivity contribution >= 4 is 11.7 Å². The first-order chi connectivity index (χ1) is 11.6. The molecule has 6 heteroatoms. The minimum atomic E-state index is -0.316. The Bertz CT molecular complexity index is 614. The van der Waals surface area contributed by atoms with Crippen LogP contribution in [0.3, 0.4) is 0 Å². The van der Waals surface area contributed by atoms with Crippen molar-refractivity contribution in [1.82, 2.24) is 0 Å². The van der Waals surface area contributed by atoms with Gasteiger partial charge in [-0.15, -0.1) is 0 Å². The van der Waals surface area contributed by atoms with Crippen LogP contribution in [0.4, 0.5) is 5.69 Å². The lowest BCUT2D eigenvalue weighted by atomic mass is 10.1. The first-order valence-electron chi connectivity index (χ1n) is 7.92. The van der Waals surface area contributed by atoms with E-state index in [-0.39, 0.29) is 12.0 Å². The number of methoxy groups -OCH3 is 3. The van der Waals surface area contributed by atoms with Crippen molar-refractivity contribution < 1.29 is 23.7 Å². The highest BCUT2D eigenvalue weighted by Gasteiger charge is 2.34. The van der Waals surface area contributed by atoms with Crippen molar-refractivity contribution in [1.29, 1.82) is 0 Å². The summed E-state index contributed by atoms with van der Waals surface area (Å²) in [4.78, 5) is 14.1. The highest BCUT2D eigenvalue weighted by molar-refractivity contribution is 5.83. The number of nitrogens with zero attached hydrogens (tertiary/aromatic N) is 1. The van der Waals surface area contributed by atoms with Gasteiger partial charge in [0.1, 0.15) is 18.4 Å². The average molecular weight is 335 g/mol. The van der Waals surface area contributed by atoms with E-state index in [1.54, 1.807) is 20.3 Å². The third-order valence-corrected chi connectivity index (χ3v) is 4.21. The van der Waals surface area contributed by atoms with Gasteiger partial charge in [0.15, 0.2) is 11.5 Å². The van der Waals surface area contributed by atoms with Crippen molar-refractivity contribution in [3.63, 3.8) is 0 Å². The second-order valence-electron chi connectivity index (χ2n) is 5.56. The molecule has 1 atom stereocenters. The number of esters is 1. The van der Waals surface area contributed by atoms with Gasteiger partial charge in [-0.3, -0.25) is 0 Å². The number of carbonyl (C=O) groups excluding carboxylic acids is 1. The fourth-order valence-corrected chi connectivity index (χ4v) is 3.15. The maximum absolute atomic E-state index is 12.1. The number of hydrogen-bond acceptors (Lipinski definition) is 6. The summed E-state index contributed by atoms with van der Waals surface area (Å²) < 4.78 is 21.8. The Morgan fingerprint density at radius 1 is 1.33 bits per heavy atom. The lowest BCUT2D eigenvalue weighted by Crippen LogP contribution is -2.37. The molecule has 0 spiro atoms. The van der Waals surface area contributed by atoms with E-state index in [0.29, 0.717) is 23.9 Å². The Balaban J connectivity index is 2.53. The highest BCUT2D eigenvalue weighted by atomic mass is 16.5. The Labute approximate surface area is 142 Å². The van der Waals surface area contributed by atoms with Crippen molar-refractivity contribution in [2.24, 2.45) is 0 Å². The molecule has 0 N–H and O–H groups in total. The number of rotatable bonds is 7. The molecule has 1 heterocycles. The lowest BCUT2D eigenvalue weighted by molar-refractivity contribution is -0.141. The molecule has 6 nitrogen and oxygen atoms in total. The number of ether oxygens (including phenoxy) is 4. The Morgan fingerprint density at radius 3 is 2.62 bits per heavy atom. The topological polar surface area (TPSA) is 57.2 Å². The molecule has 132 valence electrons. The fraction of sp³-hybridized carbons (Fsp3) is 0.500. The van der Waals surface area contributed by atoms with Crippen LogP contribution in [-0.4, -0.2) is 46.5 Å². The second kappa shape index (κ2) is 7.95. The van der Waals surface area contributed by atoms with E-state index in [1.807, 2.05) is 17.9 Å². The maximum atomic E-state index is 12.1. The van der Waals surface area contributed by atoms with Crippen LogP contribution in [0.5, 0.6) is 17.2 Å². The van der Waals surface area contributed by atoms with E-state index in [9.17, 15) is 4.79 Å². The molecule has 0 aliphatic carbocycles. The number of anilines is 1. The van der Waals surface area contributed by atoms with E-state index < -0.39 is 0 Å². The van der Waals surface area contributed by atoms with Crippen LogP contribution in [0.2, 0.25) is 0 Å². The number of carbonyl (C=O) groups is 1. The lowest BCUT2D eigenvalue weighted by Gasteiger charge is -2.28. The molecule has 24 heavy (non-hydrogen) atoms. The van der Waals surface area contributed by atoms with Gasteiger partial charge in [-0.05, 0) is 19.8 Å². The van der Waals surface area contributed by atoms with Gasteiger partial charge in [0, 0.05) is 18.2 Å². The monoisotopic (exact) mass is 335 g/mol. The standard InChI is InChI=1S/C18H25NO5/c1-6-10-24-15-11-14(16(21-3)12(2)17(15)22-4)19-9-7-8-13(19)18(20)23-5/h6,11,13H,1,7-10H2,2-5H3. The highest BCUT2D eigenvalue weighted by Crippen LogP contribution is 2.46. The van der Waals surface area contributed by atoms with E-state index in [2.05, 4.69) is 6.58 Å². The zero-order valence-corrected chi connectivity index (χ0v) is 14.8. The molecule has 1 fully saturated rings. The molecule has 0 amide bonds. The average Bonchev–Trinajstić information content (AvgIpc) is 3.08. The van der Waals surface area contributed by atoms with Crippen molar-refractivity contribution in [2.75, 3.05) is 39.4 Å². The van der Waals surface area contributed by atoms with E-state index in [4.69, 9.17) is 18.9 Å². The van der Waals surface area contributed by atoms with Gasteiger partial charge in [0.2, 0.25) is 0 Å². The number of hydrogen-bond donors (Lipinski definition) is 0. The number of benzene rings is 1. The zero-order chi connectivity index (χ0) is 17.7. The molecule has 0 radical (unpaired) electrons. The van der Waals surface area contributed by atoms with Crippen LogP contribution in [0.25, 0.3) is 0 Å². The Morgan fingerprint density at radius 2 is 2.04 bits per heavy atom. The SMILES string of the molecule is C=CCOc1cc(N2CCCC2C(=O)OC)c(OC)c(C)c1OC. The zero-order valence-electron chi connectivity index (χ0n) is 14.8. The maximum Gasteiger partial charge on any atom is 0.328 e. The van der Waals surface area contributed by atoms with Crippen LogP contribution >= 0.6 is 0 Å². The first-order valence-corrected chi connectivity index (χ1v) is 7.92. The van der Waals surface area contributed by atoms with Crippen molar-refractivity contribution in [2.45, 2.75) is 25.8 Å². The van der Waals surface area contributed by atoms with Gasteiger partial charge in [0.05, 0.1) is 27.0 Å². The summed E-state index contributed by atoms with van der Waals surface area (Å²) in [5, 5.41) is 0. The van der Waals surface area contributed by atoms with Gasteiger partial charge in [0.25, 0.3) is 0 Å². The minimum Gasteiger partial charge on any atom is -0.494 e. The quantitative estimate of drug-likeness (QED) is 0.564. The summed E-state index contributed by atoms with van der Waals surface area (Å²) >= 11 is 0. The molecule has 0 saturated carbocycles. The summed E-state index contributed by atoms with van der Waals surface area (Å²) in [6.45, 7) is 6.70. The van der Waals surface area contributed by atoms with Gasteiger partial charge in [-0.2, -0.15) is 0 Å². The molecular weight excluding hydrogens is 310 g/mol. The summed E-state index contributed by atoms with van der Waals surface area (Å²) in [5.74, 6) is 1.65. The summed E-state index contributed by atoms with van der Waals surface area (Å²) in [5.41, 5.74) is 1.63. The van der Waals surface area contributed by atoms with Crippen LogP contribution in [0.15, 0.2) is 18.7 Å². The fourth-order valence-electron chi connectivity index (χ4n) is 3.15. The molecule has 1 aliphatic rings. The normalized spacial score (nSPS) is 16.7. The van der Waals surface area contributed by atoms with Crippen molar-refractivity contribution in [3.05, 3.63) is 24.3 Å². The predicted octanol–water partition coefficient (Wildman–Crippen LogP) is 2.72. The third-order valence-electron chi connectivity index (χ3n) is 4.21. The molecule has 1 unspecified atom stereocenters. The molecule has 0 aromatic heterocycles. The molecular formula is C18H25NO5. The molecule has 1 aromatic rings. The van der Waals surface area contributed by atoms with Crippen LogP contribution in [0.1, 0.15) is 18.4 Å². The van der Waals surface area contributed by atoms with Gasteiger partial charge >= 0.3 is 5.97 Å². The summed E-state index contributed by atoms with van der Waals surface area (Å²) in [7, 11) is 4.61. The van der Waals surface area contributed by atoms with E-state index in [0.717, 1.165) is 30.6 Å². The largest absolute Gasteiger partial charge is 0.494 e. The van der Waals surface area contributed by atoms with Crippen LogP contribution in [-0.2, 0) is 9.53 Å². The van der Waals surface area contributed by atoms with Crippen LogP contribution < -0.4 is 19.1 Å². The second-order valence-corrected chi connectivity index (χ2v) is 5.56. The molecule has 1 saturated heterocycles. The van der Waals surface area contributed by atoms with E-state index in [1.165, 1.54) is 7.11 Å². The van der Waals surface area contributed by atoms with Gasteiger partial charge in [-0.25, -0.2) is 4.79 Å². The van der Waals surface area contributed by atoms with Gasteiger partial charge in [-0.1, -0.05) is 12.7 Å². The summed E-state index contributed by atoms with van der Waals surface area (Å²) in [6, 6.07) is 1.54. The minimum absolute atomic E-state index is 0.239. The van der Waals surface area contributed by atoms with Crippen LogP contribution in [0, 0.1) is 6.92 Å². The Kier molecular flexibility index (Phi) is 5.95. The molecule has 1 aliphatic heterocycles. The molecule has 2 rings (SSSR count). The molecule has 0 bridgehead atoms. The summed E-state index contributed by atoms with van der Waals surface area (Å²) in [6.07, 6.45) is 3.34. The molecule has 1 aromatic carbocycles. The Hall–Kier alpha value is -2.37. The smallest absolute Gasteiger partial charge is 0.328 e.